The van der Waals surface area contributed by atoms with E-state index in [2.05, 4.69) is 50.4 Å². The first-order valence-electron chi connectivity index (χ1n) is 10.2. The number of anilines is 1. The van der Waals surface area contributed by atoms with E-state index in [1.165, 1.54) is 36.8 Å². The molecule has 0 heterocycles. The molecular weight excluding hydrogens is 373 g/mol. The molecule has 1 N–H and O–H groups in total. The van der Waals surface area contributed by atoms with Crippen molar-refractivity contribution in [3.8, 4) is 0 Å². The molecule has 2 aromatic carbocycles. The van der Waals surface area contributed by atoms with E-state index in [1.54, 1.807) is 6.07 Å². The second-order valence-electron chi connectivity index (χ2n) is 7.86. The van der Waals surface area contributed by atoms with Gasteiger partial charge in [-0.2, -0.15) is 0 Å². The zero-order valence-electron chi connectivity index (χ0n) is 16.9. The summed E-state index contributed by atoms with van der Waals surface area (Å²) < 4.78 is 0. The van der Waals surface area contributed by atoms with Crippen molar-refractivity contribution in [2.75, 3.05) is 5.32 Å². The van der Waals surface area contributed by atoms with Crippen LogP contribution in [0.25, 0.3) is 0 Å². The summed E-state index contributed by atoms with van der Waals surface area (Å²) >= 11 is 12.0. The van der Waals surface area contributed by atoms with E-state index in [9.17, 15) is 0 Å². The Morgan fingerprint density at radius 3 is 2.04 bits per heavy atom. The summed E-state index contributed by atoms with van der Waals surface area (Å²) in [7, 11) is 0. The van der Waals surface area contributed by atoms with Crippen molar-refractivity contribution in [2.24, 2.45) is 11.8 Å². The van der Waals surface area contributed by atoms with Gasteiger partial charge >= 0.3 is 0 Å². The standard InChI is InChI=1S/C16H17Cl2N.C8H16/c1-2-5-12-6-3-4-7-13(12)11-19-16-9-8-14(17)10-15(16)18;1-7-3-5-8(2)6-4-7/h3-4,6-10,19H,2,5,11H2,1H3;7-8H,3-6H2,1-2H3. The predicted octanol–water partition coefficient (Wildman–Crippen LogP) is 8.39. The molecule has 1 aliphatic rings. The first kappa shape index (κ1) is 22.1. The number of hydrogen-bond donors (Lipinski definition) is 1. The summed E-state index contributed by atoms with van der Waals surface area (Å²) in [5.41, 5.74) is 3.62. The number of benzene rings is 2. The average Bonchev–Trinajstić information content (AvgIpc) is 2.65. The molecular formula is C24H33Cl2N. The van der Waals surface area contributed by atoms with Crippen LogP contribution in [-0.4, -0.2) is 0 Å². The van der Waals surface area contributed by atoms with Gasteiger partial charge in [0, 0.05) is 11.6 Å². The van der Waals surface area contributed by atoms with Crippen molar-refractivity contribution < 1.29 is 0 Å². The summed E-state index contributed by atoms with van der Waals surface area (Å²) in [6.07, 6.45) is 8.15. The smallest absolute Gasteiger partial charge is 0.0652 e. The second kappa shape index (κ2) is 11.6. The fourth-order valence-electron chi connectivity index (χ4n) is 3.49. The molecule has 1 fully saturated rings. The zero-order valence-corrected chi connectivity index (χ0v) is 18.4. The molecule has 1 nitrogen and oxygen atoms in total. The van der Waals surface area contributed by atoms with Gasteiger partial charge in [0.05, 0.1) is 10.7 Å². The van der Waals surface area contributed by atoms with E-state index in [4.69, 9.17) is 23.2 Å². The van der Waals surface area contributed by atoms with Crippen LogP contribution in [0.15, 0.2) is 42.5 Å². The fraction of sp³-hybridized carbons (Fsp3) is 0.500. The van der Waals surface area contributed by atoms with Crippen LogP contribution >= 0.6 is 23.2 Å². The third kappa shape index (κ3) is 7.76. The van der Waals surface area contributed by atoms with Gasteiger partial charge in [0.25, 0.3) is 0 Å². The van der Waals surface area contributed by atoms with Crippen LogP contribution in [0.5, 0.6) is 0 Å². The number of nitrogens with one attached hydrogen (secondary N) is 1. The van der Waals surface area contributed by atoms with Crippen LogP contribution in [0.3, 0.4) is 0 Å². The van der Waals surface area contributed by atoms with E-state index in [1.807, 2.05) is 12.1 Å². The maximum atomic E-state index is 6.15. The molecule has 2 aromatic rings. The third-order valence-corrected chi connectivity index (χ3v) is 5.89. The maximum Gasteiger partial charge on any atom is 0.0652 e. The van der Waals surface area contributed by atoms with Crippen LogP contribution in [0.4, 0.5) is 5.69 Å². The van der Waals surface area contributed by atoms with Gasteiger partial charge < -0.3 is 5.32 Å². The first-order valence-corrected chi connectivity index (χ1v) is 11.0. The number of aryl methyl sites for hydroxylation is 1. The van der Waals surface area contributed by atoms with Gasteiger partial charge in [0.1, 0.15) is 0 Å². The Kier molecular flexibility index (Phi) is 9.51. The molecule has 3 heteroatoms. The number of rotatable bonds is 5. The van der Waals surface area contributed by atoms with Crippen LogP contribution in [0.2, 0.25) is 10.0 Å². The van der Waals surface area contributed by atoms with E-state index in [-0.39, 0.29) is 0 Å². The summed E-state index contributed by atoms with van der Waals surface area (Å²) in [5, 5.41) is 4.67. The van der Waals surface area contributed by atoms with E-state index in [0.717, 1.165) is 36.9 Å². The van der Waals surface area contributed by atoms with E-state index >= 15 is 0 Å². The van der Waals surface area contributed by atoms with Gasteiger partial charge in [-0.3, -0.25) is 0 Å². The third-order valence-electron chi connectivity index (χ3n) is 5.34. The lowest BCUT2D eigenvalue weighted by molar-refractivity contribution is 0.308. The maximum absolute atomic E-state index is 6.15. The Morgan fingerprint density at radius 2 is 1.48 bits per heavy atom. The van der Waals surface area contributed by atoms with Gasteiger partial charge in [0.15, 0.2) is 0 Å². The van der Waals surface area contributed by atoms with Crippen LogP contribution < -0.4 is 5.32 Å². The molecule has 1 saturated carbocycles. The molecule has 0 radical (unpaired) electrons. The molecule has 148 valence electrons. The quantitative estimate of drug-likeness (QED) is 0.526. The molecule has 0 unspecified atom stereocenters. The van der Waals surface area contributed by atoms with Crippen LogP contribution in [-0.2, 0) is 13.0 Å². The first-order chi connectivity index (χ1) is 13.0. The minimum absolute atomic E-state index is 0.653. The topological polar surface area (TPSA) is 12.0 Å². The summed E-state index contributed by atoms with van der Waals surface area (Å²) in [4.78, 5) is 0. The van der Waals surface area contributed by atoms with Gasteiger partial charge in [-0.1, -0.05) is 100 Å². The van der Waals surface area contributed by atoms with Crippen molar-refractivity contribution in [3.63, 3.8) is 0 Å². The normalized spacial score (nSPS) is 19.1. The minimum Gasteiger partial charge on any atom is -0.380 e. The highest BCUT2D eigenvalue weighted by atomic mass is 35.5. The summed E-state index contributed by atoms with van der Waals surface area (Å²) in [6.45, 7) is 7.70. The fourth-order valence-corrected chi connectivity index (χ4v) is 3.97. The molecule has 0 spiro atoms. The monoisotopic (exact) mass is 405 g/mol. The summed E-state index contributed by atoms with van der Waals surface area (Å²) in [6, 6.07) is 14.0. The predicted molar refractivity (Wildman–Crippen MR) is 121 cm³/mol. The Bertz CT molecular complexity index is 681. The molecule has 3 rings (SSSR count). The van der Waals surface area contributed by atoms with E-state index < -0.39 is 0 Å². The average molecular weight is 406 g/mol. The van der Waals surface area contributed by atoms with Crippen molar-refractivity contribution in [3.05, 3.63) is 63.6 Å². The summed E-state index contributed by atoms with van der Waals surface area (Å²) in [5.74, 6) is 2.04. The lowest BCUT2D eigenvalue weighted by atomic mass is 9.84. The van der Waals surface area contributed by atoms with Crippen molar-refractivity contribution in [1.82, 2.24) is 0 Å². The number of hydrogen-bond acceptors (Lipinski definition) is 1. The molecule has 27 heavy (non-hydrogen) atoms. The molecule has 1 aliphatic carbocycles. The van der Waals surface area contributed by atoms with Gasteiger partial charge in [-0.15, -0.1) is 0 Å². The molecule has 0 amide bonds. The Labute approximate surface area is 175 Å². The van der Waals surface area contributed by atoms with Crippen LogP contribution in [0, 0.1) is 11.8 Å². The molecule has 0 saturated heterocycles. The highest BCUT2D eigenvalue weighted by Crippen LogP contribution is 2.27. The largest absolute Gasteiger partial charge is 0.380 e. The van der Waals surface area contributed by atoms with Gasteiger partial charge in [0.2, 0.25) is 0 Å². The molecule has 0 aromatic heterocycles. The molecule has 0 aliphatic heterocycles. The molecule has 0 atom stereocenters. The SMILES string of the molecule is CC1CCC(C)CC1.CCCc1ccccc1CNc1ccc(Cl)cc1Cl. The Morgan fingerprint density at radius 1 is 0.889 bits per heavy atom. The Balaban J connectivity index is 0.000000273. The lowest BCUT2D eigenvalue weighted by Crippen LogP contribution is -2.08. The Hall–Kier alpha value is -1.18. The lowest BCUT2D eigenvalue weighted by Gasteiger charge is -2.22. The minimum atomic E-state index is 0.653. The highest BCUT2D eigenvalue weighted by molar-refractivity contribution is 6.36. The van der Waals surface area contributed by atoms with Crippen molar-refractivity contribution in [2.45, 2.75) is 65.8 Å². The zero-order chi connectivity index (χ0) is 19.6. The van der Waals surface area contributed by atoms with Gasteiger partial charge in [-0.25, -0.2) is 0 Å². The highest BCUT2D eigenvalue weighted by Gasteiger charge is 2.13. The van der Waals surface area contributed by atoms with E-state index in [0.29, 0.717) is 10.0 Å². The second-order valence-corrected chi connectivity index (χ2v) is 8.71. The van der Waals surface area contributed by atoms with Crippen LogP contribution in [0.1, 0.15) is 64.0 Å². The van der Waals surface area contributed by atoms with Crippen molar-refractivity contribution in [1.29, 1.82) is 0 Å². The van der Waals surface area contributed by atoms with Crippen molar-refractivity contribution >= 4 is 28.9 Å². The number of halogens is 2. The molecule has 0 bridgehead atoms. The van der Waals surface area contributed by atoms with Gasteiger partial charge in [-0.05, 0) is 47.6 Å².